The Morgan fingerprint density at radius 3 is 2.27 bits per heavy atom. The van der Waals surface area contributed by atoms with Crippen LogP contribution in [0, 0.1) is 13.8 Å². The van der Waals surface area contributed by atoms with Crippen LogP contribution in [0.4, 0.5) is 5.69 Å². The maximum atomic E-state index is 12.3. The Kier molecular flexibility index (Phi) is 5.68. The molecule has 1 N–H and O–H groups in total. The van der Waals surface area contributed by atoms with Crippen molar-refractivity contribution in [3.63, 3.8) is 0 Å². The molecule has 4 aromatic rings. The molecular weight excluding hydrogens is 394 g/mol. The van der Waals surface area contributed by atoms with Crippen LogP contribution in [0.25, 0.3) is 17.1 Å². The molecule has 4 nitrogen and oxygen atoms in total. The van der Waals surface area contributed by atoms with Crippen molar-refractivity contribution in [3.05, 3.63) is 101 Å². The number of hydrogen-bond donors (Lipinski definition) is 1. The first kappa shape index (κ1) is 19.9. The van der Waals surface area contributed by atoms with Gasteiger partial charge in [0.05, 0.1) is 12.1 Å². The molecule has 150 valence electrons. The average molecular weight is 416 g/mol. The number of aryl methyl sites for hydroxylation is 1. The van der Waals surface area contributed by atoms with Crippen LogP contribution >= 0.6 is 11.6 Å². The van der Waals surface area contributed by atoms with Crippen molar-refractivity contribution in [1.29, 1.82) is 0 Å². The molecule has 0 unspecified atom stereocenters. The van der Waals surface area contributed by atoms with Crippen molar-refractivity contribution in [2.24, 2.45) is 0 Å². The number of imidazole rings is 1. The van der Waals surface area contributed by atoms with Gasteiger partial charge >= 0.3 is 0 Å². The third-order valence-electron chi connectivity index (χ3n) is 5.06. The second kappa shape index (κ2) is 8.56. The molecule has 0 aliphatic heterocycles. The molecule has 0 saturated heterocycles. The molecule has 0 saturated carbocycles. The molecule has 0 bridgehead atoms. The van der Waals surface area contributed by atoms with E-state index in [0.717, 1.165) is 39.7 Å². The van der Waals surface area contributed by atoms with Crippen LogP contribution in [0.2, 0.25) is 5.02 Å². The van der Waals surface area contributed by atoms with Crippen LogP contribution in [0.5, 0.6) is 0 Å². The summed E-state index contributed by atoms with van der Waals surface area (Å²) in [4.78, 5) is 17.1. The predicted molar refractivity (Wildman–Crippen MR) is 122 cm³/mol. The minimum atomic E-state index is -0.0366. The lowest BCUT2D eigenvalue weighted by Gasteiger charge is -2.12. The standard InChI is InChI=1S/C25H22ClN3O/c1-17-18(2)29(25(27-17)20-8-10-21(26)11-9-20)23-14-12-22(13-15-23)28-24(30)16-19-6-4-3-5-7-19/h3-15H,16H2,1-2H3,(H,28,30). The third kappa shape index (κ3) is 4.29. The maximum absolute atomic E-state index is 12.3. The molecule has 0 spiro atoms. The molecule has 1 heterocycles. The van der Waals surface area contributed by atoms with Gasteiger partial charge in [0.25, 0.3) is 0 Å². The number of carbonyl (C=O) groups excluding carboxylic acids is 1. The Morgan fingerprint density at radius 2 is 1.60 bits per heavy atom. The number of halogens is 1. The molecule has 30 heavy (non-hydrogen) atoms. The molecule has 1 aromatic heterocycles. The first-order valence-electron chi connectivity index (χ1n) is 9.77. The summed E-state index contributed by atoms with van der Waals surface area (Å²) in [7, 11) is 0. The van der Waals surface area contributed by atoms with Gasteiger partial charge in [0.1, 0.15) is 5.82 Å². The SMILES string of the molecule is Cc1nc(-c2ccc(Cl)cc2)n(-c2ccc(NC(=O)Cc3ccccc3)cc2)c1C. The lowest BCUT2D eigenvalue weighted by atomic mass is 10.1. The minimum absolute atomic E-state index is 0.0366. The molecule has 5 heteroatoms. The molecule has 0 aliphatic rings. The van der Waals surface area contributed by atoms with Crippen molar-refractivity contribution in [1.82, 2.24) is 9.55 Å². The van der Waals surface area contributed by atoms with E-state index in [0.29, 0.717) is 11.4 Å². The summed E-state index contributed by atoms with van der Waals surface area (Å²) in [5, 5.41) is 3.66. The van der Waals surface area contributed by atoms with Gasteiger partial charge in [-0.3, -0.25) is 9.36 Å². The van der Waals surface area contributed by atoms with Crippen molar-refractivity contribution < 1.29 is 4.79 Å². The summed E-state index contributed by atoms with van der Waals surface area (Å²) in [6, 6.07) is 25.2. The summed E-state index contributed by atoms with van der Waals surface area (Å²) < 4.78 is 2.12. The lowest BCUT2D eigenvalue weighted by Crippen LogP contribution is -2.14. The highest BCUT2D eigenvalue weighted by molar-refractivity contribution is 6.30. The van der Waals surface area contributed by atoms with Gasteiger partial charge in [0.2, 0.25) is 5.91 Å². The summed E-state index contributed by atoms with van der Waals surface area (Å²) in [6.07, 6.45) is 0.350. The van der Waals surface area contributed by atoms with E-state index in [1.807, 2.05) is 85.8 Å². The fraction of sp³-hybridized carbons (Fsp3) is 0.120. The van der Waals surface area contributed by atoms with Crippen LogP contribution in [0.15, 0.2) is 78.9 Å². The van der Waals surface area contributed by atoms with Crippen LogP contribution in [0.3, 0.4) is 0 Å². The average Bonchev–Trinajstić information content (AvgIpc) is 3.04. The van der Waals surface area contributed by atoms with E-state index >= 15 is 0 Å². The van der Waals surface area contributed by atoms with Gasteiger partial charge in [-0.25, -0.2) is 4.98 Å². The first-order valence-corrected chi connectivity index (χ1v) is 10.1. The van der Waals surface area contributed by atoms with Gasteiger partial charge < -0.3 is 5.32 Å². The van der Waals surface area contributed by atoms with Gasteiger partial charge in [0, 0.05) is 27.7 Å². The van der Waals surface area contributed by atoms with Gasteiger partial charge in [-0.15, -0.1) is 0 Å². The van der Waals surface area contributed by atoms with E-state index in [9.17, 15) is 4.79 Å². The van der Waals surface area contributed by atoms with Crippen molar-refractivity contribution >= 4 is 23.2 Å². The highest BCUT2D eigenvalue weighted by Crippen LogP contribution is 2.27. The fourth-order valence-electron chi connectivity index (χ4n) is 3.40. The van der Waals surface area contributed by atoms with E-state index in [-0.39, 0.29) is 5.91 Å². The Balaban J connectivity index is 1.57. The fourth-order valence-corrected chi connectivity index (χ4v) is 3.53. The van der Waals surface area contributed by atoms with Gasteiger partial charge in [0.15, 0.2) is 0 Å². The normalized spacial score (nSPS) is 10.8. The van der Waals surface area contributed by atoms with Crippen molar-refractivity contribution in [2.75, 3.05) is 5.32 Å². The number of anilines is 1. The Hall–Kier alpha value is -3.37. The Bertz CT molecular complexity index is 1160. The van der Waals surface area contributed by atoms with E-state index in [1.165, 1.54) is 0 Å². The first-order chi connectivity index (χ1) is 14.5. The van der Waals surface area contributed by atoms with Crippen LogP contribution in [-0.4, -0.2) is 15.5 Å². The summed E-state index contributed by atoms with van der Waals surface area (Å²) >= 11 is 6.04. The van der Waals surface area contributed by atoms with E-state index in [1.54, 1.807) is 0 Å². The van der Waals surface area contributed by atoms with Crippen LogP contribution < -0.4 is 5.32 Å². The quantitative estimate of drug-likeness (QED) is 0.435. The zero-order valence-electron chi connectivity index (χ0n) is 16.9. The van der Waals surface area contributed by atoms with Crippen molar-refractivity contribution in [3.8, 4) is 17.1 Å². The number of rotatable bonds is 5. The second-order valence-corrected chi connectivity index (χ2v) is 7.64. The largest absolute Gasteiger partial charge is 0.326 e. The minimum Gasteiger partial charge on any atom is -0.326 e. The zero-order chi connectivity index (χ0) is 21.1. The number of benzene rings is 3. The summed E-state index contributed by atoms with van der Waals surface area (Å²) in [5.74, 6) is 0.827. The number of nitrogens with zero attached hydrogens (tertiary/aromatic N) is 2. The monoisotopic (exact) mass is 415 g/mol. The molecule has 0 aliphatic carbocycles. The number of aromatic nitrogens is 2. The molecule has 3 aromatic carbocycles. The molecule has 0 atom stereocenters. The maximum Gasteiger partial charge on any atom is 0.228 e. The molecule has 0 fully saturated rings. The zero-order valence-corrected chi connectivity index (χ0v) is 17.6. The van der Waals surface area contributed by atoms with Gasteiger partial charge in [-0.2, -0.15) is 0 Å². The number of nitrogens with one attached hydrogen (secondary N) is 1. The van der Waals surface area contributed by atoms with Gasteiger partial charge in [-0.05, 0) is 67.9 Å². The van der Waals surface area contributed by atoms with Crippen LogP contribution in [0.1, 0.15) is 17.0 Å². The lowest BCUT2D eigenvalue weighted by molar-refractivity contribution is -0.115. The number of amides is 1. The molecule has 0 radical (unpaired) electrons. The molecular formula is C25H22ClN3O. The smallest absolute Gasteiger partial charge is 0.228 e. The predicted octanol–water partition coefficient (Wildman–Crippen LogP) is 5.99. The van der Waals surface area contributed by atoms with Crippen LogP contribution in [-0.2, 0) is 11.2 Å². The second-order valence-electron chi connectivity index (χ2n) is 7.21. The molecule has 1 amide bonds. The van der Waals surface area contributed by atoms with Gasteiger partial charge in [-0.1, -0.05) is 41.9 Å². The van der Waals surface area contributed by atoms with E-state index in [4.69, 9.17) is 16.6 Å². The highest BCUT2D eigenvalue weighted by Gasteiger charge is 2.15. The topological polar surface area (TPSA) is 46.9 Å². The molecule has 4 rings (SSSR count). The number of hydrogen-bond acceptors (Lipinski definition) is 2. The summed E-state index contributed by atoms with van der Waals surface area (Å²) in [6.45, 7) is 4.06. The third-order valence-corrected chi connectivity index (χ3v) is 5.32. The van der Waals surface area contributed by atoms with Crippen molar-refractivity contribution in [2.45, 2.75) is 20.3 Å². The van der Waals surface area contributed by atoms with E-state index in [2.05, 4.69) is 16.8 Å². The number of carbonyl (C=O) groups is 1. The highest BCUT2D eigenvalue weighted by atomic mass is 35.5. The summed E-state index contributed by atoms with van der Waals surface area (Å²) in [5.41, 5.74) is 5.78. The Labute approximate surface area is 181 Å². The van der Waals surface area contributed by atoms with E-state index < -0.39 is 0 Å². The Morgan fingerprint density at radius 1 is 0.933 bits per heavy atom.